The number of hydrazine groups is 1. The minimum atomic E-state index is -3.93. The number of nitriles is 1. The molecule has 102 valence electrons. The van der Waals surface area contributed by atoms with E-state index in [2.05, 4.69) is 31.5 Å². The van der Waals surface area contributed by atoms with Crippen molar-refractivity contribution in [2.24, 2.45) is 5.92 Å². The van der Waals surface area contributed by atoms with Crippen molar-refractivity contribution in [1.29, 1.82) is 5.26 Å². The number of hydrogen-bond acceptors (Lipinski definition) is 5. The Morgan fingerprint density at radius 1 is 1.53 bits per heavy atom. The number of benzene rings is 1. The van der Waals surface area contributed by atoms with Crippen LogP contribution in [0.15, 0.2) is 27.6 Å². The number of nitrogens with zero attached hydrogens (tertiary/aromatic N) is 1. The molecule has 1 saturated heterocycles. The van der Waals surface area contributed by atoms with Gasteiger partial charge < -0.3 is 0 Å². The van der Waals surface area contributed by atoms with Crippen LogP contribution in [0.3, 0.4) is 0 Å². The maximum Gasteiger partial charge on any atom is 0.243 e. The van der Waals surface area contributed by atoms with Gasteiger partial charge in [0.1, 0.15) is 12.0 Å². The first kappa shape index (κ1) is 14.4. The predicted molar refractivity (Wildman–Crippen MR) is 68.5 cm³/mol. The van der Waals surface area contributed by atoms with Gasteiger partial charge in [-0.1, -0.05) is 0 Å². The average molecular weight is 349 g/mol. The van der Waals surface area contributed by atoms with Gasteiger partial charge >= 0.3 is 0 Å². The summed E-state index contributed by atoms with van der Waals surface area (Å²) in [6.07, 6.45) is -0.759. The molecule has 2 unspecified atom stereocenters. The lowest BCUT2D eigenvalue weighted by Crippen LogP contribution is -2.46. The van der Waals surface area contributed by atoms with Crippen molar-refractivity contribution in [1.82, 2.24) is 15.6 Å². The van der Waals surface area contributed by atoms with Gasteiger partial charge in [0, 0.05) is 11.0 Å². The van der Waals surface area contributed by atoms with E-state index in [0.717, 1.165) is 12.1 Å². The van der Waals surface area contributed by atoms with E-state index in [9.17, 15) is 12.8 Å². The van der Waals surface area contributed by atoms with E-state index in [-0.39, 0.29) is 9.37 Å². The molecule has 0 radical (unpaired) electrons. The highest BCUT2D eigenvalue weighted by molar-refractivity contribution is 9.10. The van der Waals surface area contributed by atoms with Crippen molar-refractivity contribution in [3.8, 4) is 6.07 Å². The molecule has 9 heteroatoms. The van der Waals surface area contributed by atoms with Crippen molar-refractivity contribution < 1.29 is 12.8 Å². The Bertz CT molecular complexity index is 631. The van der Waals surface area contributed by atoms with E-state index in [1.54, 1.807) is 0 Å². The lowest BCUT2D eigenvalue weighted by Gasteiger charge is -2.16. The van der Waals surface area contributed by atoms with Crippen LogP contribution in [-0.4, -0.2) is 21.1 Å². The van der Waals surface area contributed by atoms with Crippen molar-refractivity contribution in [3.63, 3.8) is 0 Å². The highest BCUT2D eigenvalue weighted by Gasteiger charge is 2.31. The van der Waals surface area contributed by atoms with Crippen molar-refractivity contribution >= 4 is 26.0 Å². The molecule has 1 fully saturated rings. The number of hydrogen-bond donors (Lipinski definition) is 3. The molecule has 0 aromatic heterocycles. The lowest BCUT2D eigenvalue weighted by molar-refractivity contribution is 0.477. The molecule has 3 N–H and O–H groups in total. The van der Waals surface area contributed by atoms with Gasteiger partial charge in [0.25, 0.3) is 0 Å². The smallest absolute Gasteiger partial charge is 0.243 e. The standard InChI is InChI=1S/C10H10BrFN4O2S/c11-8-2-1-7(12)3-9(8)19(17,18)16-10-6(4-13)5-14-15-10/h1-3,6,10,14-16H,5H2. The highest BCUT2D eigenvalue weighted by atomic mass is 79.9. The molecule has 1 aliphatic rings. The van der Waals surface area contributed by atoms with E-state index < -0.39 is 27.9 Å². The molecule has 1 aromatic rings. The lowest BCUT2D eigenvalue weighted by atomic mass is 10.1. The molecule has 1 aliphatic heterocycles. The summed E-state index contributed by atoms with van der Waals surface area (Å²) >= 11 is 3.06. The summed E-state index contributed by atoms with van der Waals surface area (Å²) in [6.45, 7) is 0.327. The first-order chi connectivity index (χ1) is 8.94. The monoisotopic (exact) mass is 348 g/mol. The minimum absolute atomic E-state index is 0.210. The molecule has 0 saturated carbocycles. The maximum absolute atomic E-state index is 13.1. The first-order valence-corrected chi connectivity index (χ1v) is 7.57. The number of rotatable bonds is 3. The SMILES string of the molecule is N#CC1CNNC1NS(=O)(=O)c1cc(F)ccc1Br. The molecular weight excluding hydrogens is 339 g/mol. The van der Waals surface area contributed by atoms with Crippen LogP contribution in [0.1, 0.15) is 0 Å². The summed E-state index contributed by atoms with van der Waals surface area (Å²) in [6, 6.07) is 5.35. The van der Waals surface area contributed by atoms with Gasteiger partial charge in [0.15, 0.2) is 0 Å². The zero-order valence-corrected chi connectivity index (χ0v) is 11.9. The Kier molecular flexibility index (Phi) is 4.17. The van der Waals surface area contributed by atoms with Crippen LogP contribution < -0.4 is 15.6 Å². The fourth-order valence-electron chi connectivity index (χ4n) is 1.64. The largest absolute Gasteiger partial charge is 0.255 e. The Balaban J connectivity index is 2.28. The molecule has 0 spiro atoms. The van der Waals surface area contributed by atoms with Crippen LogP contribution in [0, 0.1) is 23.1 Å². The van der Waals surface area contributed by atoms with Gasteiger partial charge in [-0.15, -0.1) is 0 Å². The summed E-state index contributed by atoms with van der Waals surface area (Å²) in [7, 11) is -3.93. The molecule has 1 aromatic carbocycles. The van der Waals surface area contributed by atoms with Crippen LogP contribution in [0.5, 0.6) is 0 Å². The second-order valence-corrected chi connectivity index (χ2v) is 6.47. The molecule has 1 heterocycles. The van der Waals surface area contributed by atoms with E-state index in [1.807, 2.05) is 6.07 Å². The van der Waals surface area contributed by atoms with Gasteiger partial charge in [-0.25, -0.2) is 18.2 Å². The summed E-state index contributed by atoms with van der Waals surface area (Å²) in [4.78, 5) is -0.210. The predicted octanol–water partition coefficient (Wildman–Crippen LogP) is 0.440. The molecule has 19 heavy (non-hydrogen) atoms. The van der Waals surface area contributed by atoms with Gasteiger partial charge in [0.05, 0.1) is 16.9 Å². The molecule has 2 atom stereocenters. The Hall–Kier alpha value is -1.05. The topological polar surface area (TPSA) is 94.0 Å². The van der Waals surface area contributed by atoms with Gasteiger partial charge in [0.2, 0.25) is 10.0 Å². The highest BCUT2D eigenvalue weighted by Crippen LogP contribution is 2.23. The van der Waals surface area contributed by atoms with Crippen LogP contribution in [0.2, 0.25) is 0 Å². The quantitative estimate of drug-likeness (QED) is 0.736. The van der Waals surface area contributed by atoms with Crippen LogP contribution in [0.25, 0.3) is 0 Å². The second kappa shape index (κ2) is 5.52. The summed E-state index contributed by atoms with van der Waals surface area (Å²) in [5.74, 6) is -1.19. The zero-order chi connectivity index (χ0) is 14.0. The average Bonchev–Trinajstić information content (AvgIpc) is 2.78. The van der Waals surface area contributed by atoms with E-state index in [4.69, 9.17) is 5.26 Å². The van der Waals surface area contributed by atoms with Crippen LogP contribution in [0.4, 0.5) is 4.39 Å². The molecular formula is C10H10BrFN4O2S. The second-order valence-electron chi connectivity index (χ2n) is 3.93. The third-order valence-corrected chi connectivity index (χ3v) is 5.05. The third kappa shape index (κ3) is 3.10. The fourth-order valence-corrected chi connectivity index (χ4v) is 3.81. The third-order valence-electron chi connectivity index (χ3n) is 2.61. The van der Waals surface area contributed by atoms with E-state index >= 15 is 0 Å². The number of halogens is 2. The van der Waals surface area contributed by atoms with Crippen LogP contribution >= 0.6 is 15.9 Å². The summed E-state index contributed by atoms with van der Waals surface area (Å²) in [5.41, 5.74) is 5.33. The minimum Gasteiger partial charge on any atom is -0.255 e. The first-order valence-electron chi connectivity index (χ1n) is 5.29. The molecule has 6 nitrogen and oxygen atoms in total. The van der Waals surface area contributed by atoms with Crippen LogP contribution in [-0.2, 0) is 10.0 Å². The summed E-state index contributed by atoms with van der Waals surface area (Å²) in [5, 5.41) is 8.87. The van der Waals surface area contributed by atoms with Crippen molar-refractivity contribution in [2.45, 2.75) is 11.1 Å². The van der Waals surface area contributed by atoms with Gasteiger partial charge in [-0.2, -0.15) is 9.98 Å². The Labute approximate surface area is 118 Å². The molecule has 2 rings (SSSR count). The number of nitrogens with one attached hydrogen (secondary N) is 3. The van der Waals surface area contributed by atoms with E-state index in [0.29, 0.717) is 6.54 Å². The number of sulfonamides is 1. The van der Waals surface area contributed by atoms with Crippen molar-refractivity contribution in [3.05, 3.63) is 28.5 Å². The molecule has 0 bridgehead atoms. The van der Waals surface area contributed by atoms with Gasteiger partial charge in [-0.3, -0.25) is 5.43 Å². The van der Waals surface area contributed by atoms with Crippen molar-refractivity contribution in [2.75, 3.05) is 6.54 Å². The zero-order valence-electron chi connectivity index (χ0n) is 9.52. The summed E-state index contributed by atoms with van der Waals surface area (Å²) < 4.78 is 40.0. The Morgan fingerprint density at radius 3 is 2.95 bits per heavy atom. The van der Waals surface area contributed by atoms with E-state index in [1.165, 1.54) is 6.07 Å². The maximum atomic E-state index is 13.1. The fraction of sp³-hybridized carbons (Fsp3) is 0.300. The normalized spacial score (nSPS) is 23.2. The molecule has 0 amide bonds. The molecule has 0 aliphatic carbocycles. The van der Waals surface area contributed by atoms with Gasteiger partial charge in [-0.05, 0) is 34.1 Å². The Morgan fingerprint density at radius 2 is 2.26 bits per heavy atom.